The van der Waals surface area contributed by atoms with E-state index in [9.17, 15) is 4.39 Å². The molecule has 0 atom stereocenters. The fourth-order valence-corrected chi connectivity index (χ4v) is 5.61. The zero-order valence-electron chi connectivity index (χ0n) is 17.5. The van der Waals surface area contributed by atoms with Gasteiger partial charge in [0.2, 0.25) is 0 Å². The molecule has 0 spiro atoms. The molecular formula is C26H36FN. The number of halogens is 1. The van der Waals surface area contributed by atoms with Crippen molar-refractivity contribution in [2.45, 2.75) is 89.9 Å². The topological polar surface area (TPSA) is 23.8 Å². The van der Waals surface area contributed by atoms with Crippen LogP contribution in [0, 0.1) is 29.1 Å². The molecule has 0 N–H and O–H groups in total. The lowest BCUT2D eigenvalue weighted by atomic mass is 9.68. The van der Waals surface area contributed by atoms with Crippen molar-refractivity contribution < 1.29 is 4.39 Å². The van der Waals surface area contributed by atoms with Crippen molar-refractivity contribution in [2.24, 2.45) is 17.8 Å². The lowest BCUT2D eigenvalue weighted by Gasteiger charge is -2.38. The molecular weight excluding hydrogens is 345 g/mol. The number of rotatable bonds is 7. The van der Waals surface area contributed by atoms with Crippen LogP contribution in [0.5, 0.6) is 0 Å². The molecule has 152 valence electrons. The summed E-state index contributed by atoms with van der Waals surface area (Å²) in [5.41, 5.74) is 3.03. The Balaban J connectivity index is 1.39. The summed E-state index contributed by atoms with van der Waals surface area (Å²) < 4.78 is 12.9. The van der Waals surface area contributed by atoms with Crippen LogP contribution >= 0.6 is 0 Å². The molecule has 2 saturated carbocycles. The van der Waals surface area contributed by atoms with Gasteiger partial charge in [0.15, 0.2) is 5.83 Å². The molecule has 2 aliphatic rings. The Morgan fingerprint density at radius 2 is 1.61 bits per heavy atom. The van der Waals surface area contributed by atoms with Gasteiger partial charge in [-0.2, -0.15) is 9.65 Å². The number of allylic oxidation sites excluding steroid dienone is 2. The van der Waals surface area contributed by atoms with Crippen molar-refractivity contribution in [2.75, 3.05) is 0 Å². The van der Waals surface area contributed by atoms with Crippen LogP contribution in [-0.2, 0) is 6.42 Å². The Bertz CT molecular complexity index is 653. The molecule has 0 saturated heterocycles. The summed E-state index contributed by atoms with van der Waals surface area (Å²) in [6.07, 6.45) is 16.5. The van der Waals surface area contributed by atoms with Gasteiger partial charge in [-0.25, -0.2) is 0 Å². The van der Waals surface area contributed by atoms with Crippen LogP contribution < -0.4 is 0 Å². The van der Waals surface area contributed by atoms with Gasteiger partial charge in [0.1, 0.15) is 6.07 Å². The van der Waals surface area contributed by atoms with Crippen LogP contribution in [0.25, 0.3) is 0 Å². The molecule has 0 radical (unpaired) electrons. The van der Waals surface area contributed by atoms with Gasteiger partial charge in [-0.05, 0) is 98.7 Å². The molecule has 1 nitrogen and oxygen atoms in total. The predicted molar refractivity (Wildman–Crippen MR) is 115 cm³/mol. The highest BCUT2D eigenvalue weighted by Crippen LogP contribution is 2.44. The maximum Gasteiger partial charge on any atom is 0.196 e. The number of benzene rings is 1. The minimum absolute atomic E-state index is 0.620. The first kappa shape index (κ1) is 21.1. The predicted octanol–water partition coefficient (Wildman–Crippen LogP) is 7.88. The molecule has 0 heterocycles. The summed E-state index contributed by atoms with van der Waals surface area (Å²) >= 11 is 0. The maximum atomic E-state index is 12.9. The van der Waals surface area contributed by atoms with Crippen molar-refractivity contribution >= 4 is 0 Å². The van der Waals surface area contributed by atoms with Gasteiger partial charge in [-0.3, -0.25) is 0 Å². The van der Waals surface area contributed by atoms with E-state index in [0.29, 0.717) is 0 Å². The number of hydrogen-bond acceptors (Lipinski definition) is 1. The minimum Gasteiger partial charge on any atom is -0.195 e. The highest BCUT2D eigenvalue weighted by Gasteiger charge is 2.31. The van der Waals surface area contributed by atoms with E-state index in [1.807, 2.05) is 0 Å². The Morgan fingerprint density at radius 3 is 2.18 bits per heavy atom. The Kier molecular flexibility index (Phi) is 8.13. The van der Waals surface area contributed by atoms with Crippen LogP contribution in [0.2, 0.25) is 0 Å². The van der Waals surface area contributed by atoms with E-state index < -0.39 is 5.83 Å². The van der Waals surface area contributed by atoms with Crippen LogP contribution in [0.15, 0.2) is 36.2 Å². The Labute approximate surface area is 171 Å². The van der Waals surface area contributed by atoms with E-state index in [4.69, 9.17) is 5.26 Å². The molecule has 2 aliphatic carbocycles. The quantitative estimate of drug-likeness (QED) is 0.441. The van der Waals surface area contributed by atoms with Gasteiger partial charge < -0.3 is 0 Å². The van der Waals surface area contributed by atoms with Crippen LogP contribution in [-0.4, -0.2) is 0 Å². The van der Waals surface area contributed by atoms with E-state index in [1.54, 1.807) is 11.6 Å². The van der Waals surface area contributed by atoms with Crippen molar-refractivity contribution in [1.29, 1.82) is 5.26 Å². The van der Waals surface area contributed by atoms with E-state index in [-0.39, 0.29) is 0 Å². The van der Waals surface area contributed by atoms with Crippen molar-refractivity contribution in [3.05, 3.63) is 47.3 Å². The zero-order valence-corrected chi connectivity index (χ0v) is 17.5. The summed E-state index contributed by atoms with van der Waals surface area (Å²) in [7, 11) is 0. The van der Waals surface area contributed by atoms with Crippen LogP contribution in [0.1, 0.15) is 94.6 Å². The third kappa shape index (κ3) is 5.94. The SMILES string of the molecule is CCCc1ccc([C@H]2CC[C@H]([C@H]3CC[C@H](CCC=C(F)C#N)CC3)CC2)cc1. The van der Waals surface area contributed by atoms with E-state index in [0.717, 1.165) is 36.5 Å². The second kappa shape index (κ2) is 10.8. The first-order valence-electron chi connectivity index (χ1n) is 11.5. The second-order valence-corrected chi connectivity index (χ2v) is 9.13. The smallest absolute Gasteiger partial charge is 0.195 e. The average molecular weight is 382 g/mol. The fourth-order valence-electron chi connectivity index (χ4n) is 5.61. The lowest BCUT2D eigenvalue weighted by molar-refractivity contribution is 0.157. The number of hydrogen-bond donors (Lipinski definition) is 0. The van der Waals surface area contributed by atoms with Gasteiger partial charge in [0, 0.05) is 0 Å². The van der Waals surface area contributed by atoms with Gasteiger partial charge in [0.25, 0.3) is 0 Å². The van der Waals surface area contributed by atoms with Crippen molar-refractivity contribution in [3.63, 3.8) is 0 Å². The van der Waals surface area contributed by atoms with E-state index in [1.165, 1.54) is 75.8 Å². The Morgan fingerprint density at radius 1 is 1.00 bits per heavy atom. The first-order valence-corrected chi connectivity index (χ1v) is 11.5. The van der Waals surface area contributed by atoms with Gasteiger partial charge in [-0.15, -0.1) is 0 Å². The molecule has 0 aromatic heterocycles. The third-order valence-electron chi connectivity index (χ3n) is 7.32. The summed E-state index contributed by atoms with van der Waals surface area (Å²) in [5.74, 6) is 2.72. The summed E-state index contributed by atoms with van der Waals surface area (Å²) in [4.78, 5) is 0. The first-order chi connectivity index (χ1) is 13.7. The zero-order chi connectivity index (χ0) is 19.8. The summed E-state index contributed by atoms with van der Waals surface area (Å²) in [5, 5.41) is 8.48. The Hall–Kier alpha value is -1.62. The number of aryl methyl sites for hydroxylation is 1. The monoisotopic (exact) mass is 381 g/mol. The van der Waals surface area contributed by atoms with Gasteiger partial charge in [0.05, 0.1) is 0 Å². The molecule has 2 fully saturated rings. The van der Waals surface area contributed by atoms with E-state index in [2.05, 4.69) is 31.2 Å². The molecule has 0 aliphatic heterocycles. The third-order valence-corrected chi connectivity index (χ3v) is 7.32. The summed E-state index contributed by atoms with van der Waals surface area (Å²) in [6.45, 7) is 2.24. The molecule has 1 aromatic carbocycles. The maximum absolute atomic E-state index is 12.9. The second-order valence-electron chi connectivity index (χ2n) is 9.13. The lowest BCUT2D eigenvalue weighted by Crippen LogP contribution is -2.25. The van der Waals surface area contributed by atoms with Crippen LogP contribution in [0.3, 0.4) is 0 Å². The average Bonchev–Trinajstić information content (AvgIpc) is 2.75. The molecule has 28 heavy (non-hydrogen) atoms. The molecule has 0 amide bonds. The highest BCUT2D eigenvalue weighted by atomic mass is 19.1. The van der Waals surface area contributed by atoms with Crippen molar-refractivity contribution in [1.82, 2.24) is 0 Å². The number of nitrogens with zero attached hydrogens (tertiary/aromatic N) is 1. The fraction of sp³-hybridized carbons (Fsp3) is 0.654. The molecule has 3 rings (SSSR count). The minimum atomic E-state index is -0.620. The van der Waals surface area contributed by atoms with Crippen molar-refractivity contribution in [3.8, 4) is 6.07 Å². The summed E-state index contributed by atoms with van der Waals surface area (Å²) in [6, 6.07) is 11.0. The molecule has 2 heteroatoms. The normalized spacial score (nSPS) is 28.7. The standard InChI is InChI=1S/C26H36FN/c1-2-4-20-7-11-22(12-8-20)24-15-17-25(18-16-24)23-13-9-21(10-14-23)5-3-6-26(27)19-28/h6-8,11-12,21,23-25H,2-5,9-10,13-18H2,1H3/t21-,23-,24-,25-. The van der Waals surface area contributed by atoms with Crippen LogP contribution in [0.4, 0.5) is 4.39 Å². The number of nitriles is 1. The van der Waals surface area contributed by atoms with E-state index >= 15 is 0 Å². The highest BCUT2D eigenvalue weighted by molar-refractivity contribution is 5.26. The largest absolute Gasteiger partial charge is 0.196 e. The molecule has 1 aromatic rings. The molecule has 0 bridgehead atoms. The van der Waals surface area contributed by atoms with Gasteiger partial charge in [-0.1, -0.05) is 50.5 Å². The van der Waals surface area contributed by atoms with Gasteiger partial charge >= 0.3 is 0 Å². The molecule has 0 unspecified atom stereocenters.